The molecule has 9 rings (SSSR count). The molecule has 1 saturated carbocycles. The van der Waals surface area contributed by atoms with E-state index in [1.54, 1.807) is 6.07 Å². The number of aliphatic hydroxyl groups excluding tert-OH is 1. The number of carbonyl (C=O) groups excluding carboxylic acids is 2. The zero-order valence-electron chi connectivity index (χ0n) is 30.0. The number of hydrogen-bond donors (Lipinski definition) is 2. The number of benzene rings is 3. The molecule has 2 fully saturated rings. The van der Waals surface area contributed by atoms with Gasteiger partial charge in [-0.25, -0.2) is 9.59 Å². The van der Waals surface area contributed by atoms with Crippen molar-refractivity contribution < 1.29 is 29.3 Å². The van der Waals surface area contributed by atoms with E-state index >= 15 is 0 Å². The Bertz CT molecular complexity index is 1980. The molecule has 2 bridgehead atoms. The summed E-state index contributed by atoms with van der Waals surface area (Å²) in [6.07, 6.45) is 13.8. The summed E-state index contributed by atoms with van der Waals surface area (Å²) in [5, 5.41) is 20.1. The molecule has 6 aliphatic rings. The number of rotatable bonds is 12. The molecule has 0 amide bonds. The van der Waals surface area contributed by atoms with Crippen LogP contribution in [0.25, 0.3) is 16.7 Å². The third-order valence-corrected chi connectivity index (χ3v) is 12.4. The summed E-state index contributed by atoms with van der Waals surface area (Å²) in [6, 6.07) is 26.1. The van der Waals surface area contributed by atoms with Crippen LogP contribution in [0.4, 0.5) is 0 Å². The second kappa shape index (κ2) is 14.4. The summed E-state index contributed by atoms with van der Waals surface area (Å²) in [6.45, 7) is 2.39. The first-order chi connectivity index (χ1) is 25.4. The number of carbonyl (C=O) groups is 2. The highest BCUT2D eigenvalue weighted by Crippen LogP contribution is 2.72. The van der Waals surface area contributed by atoms with Gasteiger partial charge in [-0.2, -0.15) is 0 Å². The lowest BCUT2D eigenvalue weighted by Crippen LogP contribution is -2.52. The molecule has 5 atom stereocenters. The highest BCUT2D eigenvalue weighted by Gasteiger charge is 2.68. The zero-order valence-corrected chi connectivity index (χ0v) is 30.0. The van der Waals surface area contributed by atoms with Crippen molar-refractivity contribution in [2.75, 3.05) is 6.61 Å². The second-order valence-electron chi connectivity index (χ2n) is 15.2. The van der Waals surface area contributed by atoms with Gasteiger partial charge in [-0.1, -0.05) is 86.5 Å². The van der Waals surface area contributed by atoms with Crippen LogP contribution in [0.15, 0.2) is 119 Å². The van der Waals surface area contributed by atoms with Gasteiger partial charge in [-0.15, -0.1) is 0 Å². The Balaban J connectivity index is 1.29. The van der Waals surface area contributed by atoms with Gasteiger partial charge in [0, 0.05) is 23.7 Å². The molecule has 2 N–H and O–H groups in total. The van der Waals surface area contributed by atoms with Crippen molar-refractivity contribution in [2.45, 2.75) is 77.6 Å². The maximum Gasteiger partial charge on any atom is 0.340 e. The van der Waals surface area contributed by atoms with Crippen molar-refractivity contribution in [1.29, 1.82) is 0 Å². The summed E-state index contributed by atoms with van der Waals surface area (Å²) in [7, 11) is 0. The quantitative estimate of drug-likeness (QED) is 0.145. The van der Waals surface area contributed by atoms with Crippen LogP contribution in [0.3, 0.4) is 0 Å². The molecule has 4 aliphatic carbocycles. The number of phenols is 1. The van der Waals surface area contributed by atoms with Gasteiger partial charge in [0.25, 0.3) is 0 Å². The van der Waals surface area contributed by atoms with E-state index in [4.69, 9.17) is 14.6 Å². The average Bonchev–Trinajstić information content (AvgIpc) is 3.65. The van der Waals surface area contributed by atoms with Gasteiger partial charge in [0.15, 0.2) is 0 Å². The molecule has 0 unspecified atom stereocenters. The standard InChI is InChI=1S/C46H48O6/c1-2-29(26-30-14-8-6-9-15-30)27-39-46-24-23-34(35-21-22-36-38(18-12-4-3-5-13-25-47)51-44(49)41(36)42(35)46)40(43(46)45(50)52-39)37-28-32(48)19-20-33(37)31-16-10-7-11-17-31/h6-11,14-20,27-29,34-35,42,47-48H,2-5,12-13,21-26H2,1H3/b38-18?,39-27-/t29-,34+,35-,42+,46+/m0/s1. The van der Waals surface area contributed by atoms with Crippen LogP contribution < -0.4 is 0 Å². The molecular formula is C46H48O6. The van der Waals surface area contributed by atoms with Crippen LogP contribution in [0, 0.1) is 29.1 Å². The predicted octanol–water partition coefficient (Wildman–Crippen LogP) is 9.64. The molecule has 268 valence electrons. The average molecular weight is 697 g/mol. The molecule has 3 aromatic carbocycles. The smallest absolute Gasteiger partial charge is 0.340 e. The predicted molar refractivity (Wildman–Crippen MR) is 201 cm³/mol. The third-order valence-electron chi connectivity index (χ3n) is 12.4. The van der Waals surface area contributed by atoms with E-state index in [2.05, 4.69) is 55.5 Å². The fourth-order valence-electron chi connectivity index (χ4n) is 10.1. The first-order valence-electron chi connectivity index (χ1n) is 19.3. The van der Waals surface area contributed by atoms with E-state index in [-0.39, 0.29) is 48.0 Å². The highest BCUT2D eigenvalue weighted by molar-refractivity contribution is 6.07. The van der Waals surface area contributed by atoms with E-state index in [9.17, 15) is 14.7 Å². The maximum atomic E-state index is 14.6. The number of aliphatic hydroxyl groups is 1. The molecule has 6 nitrogen and oxygen atoms in total. The number of aromatic hydroxyl groups is 1. The van der Waals surface area contributed by atoms with Crippen molar-refractivity contribution in [3.63, 3.8) is 0 Å². The fraction of sp³-hybridized carbons (Fsp3) is 0.391. The molecule has 1 spiro atoms. The number of cyclic esters (lactones) is 2. The number of esters is 2. The van der Waals surface area contributed by atoms with Crippen LogP contribution >= 0.6 is 0 Å². The van der Waals surface area contributed by atoms with Crippen LogP contribution in [0.1, 0.15) is 82.3 Å². The Morgan fingerprint density at radius 3 is 2.40 bits per heavy atom. The molecule has 0 radical (unpaired) electrons. The Labute approximate surface area is 306 Å². The Morgan fingerprint density at radius 2 is 1.63 bits per heavy atom. The number of hydrogen-bond acceptors (Lipinski definition) is 6. The van der Waals surface area contributed by atoms with E-state index in [1.807, 2.05) is 36.4 Å². The summed E-state index contributed by atoms with van der Waals surface area (Å²) < 4.78 is 12.6. The van der Waals surface area contributed by atoms with Crippen molar-refractivity contribution >= 4 is 17.5 Å². The minimum absolute atomic E-state index is 0.0192. The van der Waals surface area contributed by atoms with Gasteiger partial charge < -0.3 is 19.7 Å². The van der Waals surface area contributed by atoms with Crippen molar-refractivity contribution in [2.24, 2.45) is 29.1 Å². The van der Waals surface area contributed by atoms with E-state index < -0.39 is 5.41 Å². The molecule has 3 aromatic rings. The van der Waals surface area contributed by atoms with Gasteiger partial charge in [-0.05, 0) is 128 Å². The maximum absolute atomic E-state index is 14.6. The topological polar surface area (TPSA) is 93.1 Å². The van der Waals surface area contributed by atoms with Gasteiger partial charge >= 0.3 is 11.9 Å². The number of allylic oxidation sites excluding steroid dienone is 5. The zero-order chi connectivity index (χ0) is 35.8. The highest BCUT2D eigenvalue weighted by atomic mass is 16.5. The molecule has 2 heterocycles. The lowest BCUT2D eigenvalue weighted by Gasteiger charge is -2.56. The third kappa shape index (κ3) is 5.85. The monoisotopic (exact) mass is 696 g/mol. The van der Waals surface area contributed by atoms with Crippen LogP contribution in [0.5, 0.6) is 5.75 Å². The molecule has 6 heteroatoms. The Morgan fingerprint density at radius 1 is 0.865 bits per heavy atom. The summed E-state index contributed by atoms with van der Waals surface area (Å²) in [4.78, 5) is 28.7. The van der Waals surface area contributed by atoms with Gasteiger partial charge in [0.05, 0.1) is 11.0 Å². The van der Waals surface area contributed by atoms with Gasteiger partial charge in [0.1, 0.15) is 17.3 Å². The minimum Gasteiger partial charge on any atom is -0.508 e. The molecule has 1 saturated heterocycles. The largest absolute Gasteiger partial charge is 0.508 e. The number of ether oxygens (including phenoxy) is 2. The Kier molecular flexibility index (Phi) is 9.52. The van der Waals surface area contributed by atoms with Crippen LogP contribution in [-0.2, 0) is 25.5 Å². The number of fused-ring (bicyclic) bond motifs is 1. The van der Waals surface area contributed by atoms with Gasteiger partial charge in [-0.3, -0.25) is 0 Å². The minimum atomic E-state index is -0.810. The summed E-state index contributed by atoms with van der Waals surface area (Å²) >= 11 is 0. The van der Waals surface area contributed by atoms with Crippen molar-refractivity contribution in [3.05, 3.63) is 130 Å². The summed E-state index contributed by atoms with van der Waals surface area (Å²) in [5.41, 5.74) is 6.67. The Hall–Kier alpha value is -4.68. The van der Waals surface area contributed by atoms with E-state index in [0.29, 0.717) is 23.5 Å². The molecular weight excluding hydrogens is 649 g/mol. The molecule has 2 aliphatic heterocycles. The lowest BCUT2D eigenvalue weighted by molar-refractivity contribution is -0.135. The van der Waals surface area contributed by atoms with Gasteiger partial charge in [0.2, 0.25) is 0 Å². The normalized spacial score (nSPS) is 26.8. The first kappa shape index (κ1) is 34.4. The van der Waals surface area contributed by atoms with E-state index in [1.165, 1.54) is 5.56 Å². The van der Waals surface area contributed by atoms with E-state index in [0.717, 1.165) is 97.6 Å². The number of phenolic OH excluding ortho intramolecular Hbond substituents is 1. The first-order valence-corrected chi connectivity index (χ1v) is 19.3. The molecule has 52 heavy (non-hydrogen) atoms. The van der Waals surface area contributed by atoms with Crippen molar-refractivity contribution in [1.82, 2.24) is 0 Å². The summed E-state index contributed by atoms with van der Waals surface area (Å²) in [5.74, 6) is 0.942. The lowest BCUT2D eigenvalue weighted by atomic mass is 9.44. The molecule has 0 aromatic heterocycles. The SMILES string of the molecule is CC[C@H](/C=C1\OC(=O)C2=C(c3cc(O)ccc3-c3ccccc3)[C@@H]3CC[C@@]21[C@H]1C2=C(CC[C@@H]31)C(=CCCCCCCO)OC2=O)Cc1ccccc1. The number of unbranched alkanes of at least 4 members (excludes halogenated alkanes) is 4. The van der Waals surface area contributed by atoms with Crippen LogP contribution in [-0.4, -0.2) is 28.8 Å². The second-order valence-corrected chi connectivity index (χ2v) is 15.2. The van der Waals surface area contributed by atoms with Crippen LogP contribution in [0.2, 0.25) is 0 Å². The van der Waals surface area contributed by atoms with Crippen molar-refractivity contribution in [3.8, 4) is 16.9 Å². The fourth-order valence-corrected chi connectivity index (χ4v) is 10.1.